The largest absolute Gasteiger partial charge is 0.480 e. The Morgan fingerprint density at radius 3 is 1.39 bits per heavy atom. The minimum atomic E-state index is -0.690. The monoisotopic (exact) mass is 327 g/mol. The molecule has 3 nitrogen and oxygen atoms in total. The first kappa shape index (κ1) is 22.4. The molecule has 0 radical (unpaired) electrons. The third kappa shape index (κ3) is 14.7. The Hall–Kier alpha value is -0.570. The van der Waals surface area contributed by atoms with Gasteiger partial charge < -0.3 is 5.11 Å². The highest BCUT2D eigenvalue weighted by Gasteiger charge is 2.18. The van der Waals surface area contributed by atoms with E-state index in [0.717, 1.165) is 12.8 Å². The predicted molar refractivity (Wildman–Crippen MR) is 100 cm³/mol. The summed E-state index contributed by atoms with van der Waals surface area (Å²) in [5.41, 5.74) is 0. The zero-order valence-corrected chi connectivity index (χ0v) is 16.0. The first-order valence-corrected chi connectivity index (χ1v) is 9.98. The molecule has 1 unspecified atom stereocenters. The molecule has 0 rings (SSSR count). The standard InChI is InChI=1S/C20H41NO2/c1-4-5-6-7-8-9-10-11-12-13-14-15-16-17-18-19(20(22)23)21(2)3/h19H,4-18H2,1-3H3,(H,22,23). The lowest BCUT2D eigenvalue weighted by Gasteiger charge is -2.19. The molecule has 0 bridgehead atoms. The van der Waals surface area contributed by atoms with Gasteiger partial charge in [0.05, 0.1) is 0 Å². The summed E-state index contributed by atoms with van der Waals surface area (Å²) in [4.78, 5) is 12.9. The van der Waals surface area contributed by atoms with Crippen LogP contribution in [0.3, 0.4) is 0 Å². The molecule has 1 N–H and O–H groups in total. The Kier molecular flexibility index (Phi) is 15.9. The fourth-order valence-electron chi connectivity index (χ4n) is 3.13. The molecule has 0 aromatic rings. The predicted octanol–water partition coefficient (Wildman–Crippen LogP) is 5.87. The maximum atomic E-state index is 11.1. The number of carbonyl (C=O) groups is 1. The number of rotatable bonds is 17. The van der Waals surface area contributed by atoms with E-state index in [0.29, 0.717) is 0 Å². The van der Waals surface area contributed by atoms with Gasteiger partial charge in [0, 0.05) is 0 Å². The first-order chi connectivity index (χ1) is 11.1. The Labute approximate surface area is 144 Å². The van der Waals surface area contributed by atoms with Crippen LogP contribution in [0.25, 0.3) is 0 Å². The van der Waals surface area contributed by atoms with Gasteiger partial charge in [-0.1, -0.05) is 96.8 Å². The van der Waals surface area contributed by atoms with Crippen LogP contribution in [0.15, 0.2) is 0 Å². The van der Waals surface area contributed by atoms with Crippen LogP contribution in [0.4, 0.5) is 0 Å². The Bertz CT molecular complexity index is 266. The zero-order valence-electron chi connectivity index (χ0n) is 16.0. The average Bonchev–Trinajstić information content (AvgIpc) is 2.50. The van der Waals surface area contributed by atoms with Gasteiger partial charge in [-0.25, -0.2) is 0 Å². The molecule has 0 aliphatic heterocycles. The van der Waals surface area contributed by atoms with Gasteiger partial charge in [-0.05, 0) is 20.5 Å². The molecule has 0 fully saturated rings. The summed E-state index contributed by atoms with van der Waals surface area (Å²) in [6, 6.07) is -0.313. The number of nitrogens with zero attached hydrogens (tertiary/aromatic N) is 1. The highest BCUT2D eigenvalue weighted by Crippen LogP contribution is 2.14. The van der Waals surface area contributed by atoms with Crippen molar-refractivity contribution in [3.8, 4) is 0 Å². The van der Waals surface area contributed by atoms with Crippen molar-refractivity contribution in [2.75, 3.05) is 14.1 Å². The smallest absolute Gasteiger partial charge is 0.320 e. The van der Waals surface area contributed by atoms with Crippen molar-refractivity contribution >= 4 is 5.97 Å². The lowest BCUT2D eigenvalue weighted by Crippen LogP contribution is -2.35. The molecule has 0 aliphatic carbocycles. The first-order valence-electron chi connectivity index (χ1n) is 9.98. The number of carboxylic acids is 1. The molecule has 138 valence electrons. The van der Waals surface area contributed by atoms with Crippen molar-refractivity contribution in [1.82, 2.24) is 4.90 Å². The van der Waals surface area contributed by atoms with E-state index >= 15 is 0 Å². The summed E-state index contributed by atoms with van der Waals surface area (Å²) < 4.78 is 0. The highest BCUT2D eigenvalue weighted by molar-refractivity contribution is 5.73. The minimum absolute atomic E-state index is 0.313. The van der Waals surface area contributed by atoms with Crippen LogP contribution in [-0.4, -0.2) is 36.1 Å². The lowest BCUT2D eigenvalue weighted by atomic mass is 10.0. The summed E-state index contributed by atoms with van der Waals surface area (Å²) >= 11 is 0. The summed E-state index contributed by atoms with van der Waals surface area (Å²) in [5.74, 6) is -0.690. The van der Waals surface area contributed by atoms with Gasteiger partial charge in [-0.2, -0.15) is 0 Å². The molecule has 0 saturated heterocycles. The second-order valence-electron chi connectivity index (χ2n) is 7.20. The van der Waals surface area contributed by atoms with Crippen molar-refractivity contribution in [3.05, 3.63) is 0 Å². The SMILES string of the molecule is CCCCCCCCCCCCCCCCC(C(=O)O)N(C)C. The van der Waals surface area contributed by atoms with Gasteiger partial charge in [0.15, 0.2) is 0 Å². The summed E-state index contributed by atoms with van der Waals surface area (Å²) in [6.07, 6.45) is 19.6. The van der Waals surface area contributed by atoms with Crippen LogP contribution < -0.4 is 0 Å². The quantitative estimate of drug-likeness (QED) is 0.339. The Balaban J connectivity index is 3.23. The van der Waals surface area contributed by atoms with Crippen LogP contribution in [0.2, 0.25) is 0 Å². The van der Waals surface area contributed by atoms with Crippen molar-refractivity contribution in [3.63, 3.8) is 0 Å². The number of hydrogen-bond donors (Lipinski definition) is 1. The molecule has 0 aromatic heterocycles. The van der Waals surface area contributed by atoms with E-state index in [9.17, 15) is 4.79 Å². The maximum Gasteiger partial charge on any atom is 0.320 e. The number of likely N-dealkylation sites (N-methyl/N-ethyl adjacent to an activating group) is 1. The van der Waals surface area contributed by atoms with Gasteiger partial charge in [-0.15, -0.1) is 0 Å². The zero-order chi connectivity index (χ0) is 17.3. The van der Waals surface area contributed by atoms with Gasteiger partial charge in [0.1, 0.15) is 6.04 Å². The third-order valence-electron chi connectivity index (χ3n) is 4.74. The lowest BCUT2D eigenvalue weighted by molar-refractivity contribution is -0.142. The van der Waals surface area contributed by atoms with Crippen molar-refractivity contribution in [2.45, 2.75) is 109 Å². The van der Waals surface area contributed by atoms with Crippen molar-refractivity contribution in [2.24, 2.45) is 0 Å². The van der Waals surface area contributed by atoms with Crippen LogP contribution in [0.5, 0.6) is 0 Å². The van der Waals surface area contributed by atoms with Gasteiger partial charge >= 0.3 is 5.97 Å². The van der Waals surface area contributed by atoms with E-state index in [-0.39, 0.29) is 6.04 Å². The number of aliphatic carboxylic acids is 1. The molecule has 0 saturated carbocycles. The van der Waals surface area contributed by atoms with E-state index in [1.165, 1.54) is 83.5 Å². The van der Waals surface area contributed by atoms with Crippen molar-refractivity contribution < 1.29 is 9.90 Å². The van der Waals surface area contributed by atoms with Crippen LogP contribution in [0.1, 0.15) is 103 Å². The Morgan fingerprint density at radius 1 is 0.739 bits per heavy atom. The number of hydrogen-bond acceptors (Lipinski definition) is 2. The molecule has 1 atom stereocenters. The minimum Gasteiger partial charge on any atom is -0.480 e. The molecule has 0 aliphatic rings. The van der Waals surface area contributed by atoms with E-state index in [4.69, 9.17) is 5.11 Å². The normalized spacial score (nSPS) is 12.7. The highest BCUT2D eigenvalue weighted by atomic mass is 16.4. The third-order valence-corrected chi connectivity index (χ3v) is 4.74. The fourth-order valence-corrected chi connectivity index (χ4v) is 3.13. The fraction of sp³-hybridized carbons (Fsp3) is 0.950. The van der Waals surface area contributed by atoms with Crippen LogP contribution in [0, 0.1) is 0 Å². The number of unbranched alkanes of at least 4 members (excludes halogenated alkanes) is 13. The van der Waals surface area contributed by atoms with E-state index < -0.39 is 5.97 Å². The Morgan fingerprint density at radius 2 is 1.09 bits per heavy atom. The van der Waals surface area contributed by atoms with E-state index in [2.05, 4.69) is 6.92 Å². The summed E-state index contributed by atoms with van der Waals surface area (Å²) in [7, 11) is 3.70. The van der Waals surface area contributed by atoms with Gasteiger partial charge in [0.2, 0.25) is 0 Å². The summed E-state index contributed by atoms with van der Waals surface area (Å²) in [6.45, 7) is 2.27. The van der Waals surface area contributed by atoms with E-state index in [1.807, 2.05) is 19.0 Å². The molecule has 3 heteroatoms. The van der Waals surface area contributed by atoms with Gasteiger partial charge in [-0.3, -0.25) is 9.69 Å². The average molecular weight is 328 g/mol. The molecule has 0 spiro atoms. The maximum absolute atomic E-state index is 11.1. The second kappa shape index (κ2) is 16.3. The topological polar surface area (TPSA) is 40.5 Å². The second-order valence-corrected chi connectivity index (χ2v) is 7.20. The molecule has 0 aromatic carbocycles. The van der Waals surface area contributed by atoms with E-state index in [1.54, 1.807) is 0 Å². The molecular formula is C20H41NO2. The molecule has 0 amide bonds. The molecule has 0 heterocycles. The van der Waals surface area contributed by atoms with Gasteiger partial charge in [0.25, 0.3) is 0 Å². The van der Waals surface area contributed by atoms with Crippen LogP contribution >= 0.6 is 0 Å². The van der Waals surface area contributed by atoms with Crippen LogP contribution in [-0.2, 0) is 4.79 Å². The number of carboxylic acid groups (broad SMARTS) is 1. The van der Waals surface area contributed by atoms with Crippen molar-refractivity contribution in [1.29, 1.82) is 0 Å². The molecular weight excluding hydrogens is 286 g/mol. The molecule has 23 heavy (non-hydrogen) atoms. The summed E-state index contributed by atoms with van der Waals surface area (Å²) in [5, 5.41) is 9.11.